The van der Waals surface area contributed by atoms with Crippen LogP contribution in [0, 0.1) is 25.7 Å². The van der Waals surface area contributed by atoms with E-state index in [1.165, 1.54) is 6.07 Å². The number of nitrogens with one attached hydrogen (secondary N) is 2. The second-order valence-corrected chi connectivity index (χ2v) is 11.0. The van der Waals surface area contributed by atoms with E-state index in [1.54, 1.807) is 6.07 Å². The van der Waals surface area contributed by atoms with Crippen LogP contribution in [-0.4, -0.2) is 29.4 Å². The van der Waals surface area contributed by atoms with Gasteiger partial charge in [-0.25, -0.2) is 4.98 Å². The van der Waals surface area contributed by atoms with Crippen molar-refractivity contribution in [2.75, 3.05) is 24.1 Å². The molecule has 0 amide bonds. The van der Waals surface area contributed by atoms with Crippen molar-refractivity contribution in [3.63, 3.8) is 0 Å². The second-order valence-electron chi connectivity index (χ2n) is 11.0. The fraction of sp³-hybridized carbons (Fsp3) is 0.375. The molecule has 1 fully saturated rings. The third-order valence-electron chi connectivity index (χ3n) is 8.09. The number of hydrogen-bond donors (Lipinski definition) is 3. The topological polar surface area (TPSA) is 85.1 Å². The van der Waals surface area contributed by atoms with Crippen LogP contribution in [0.25, 0.3) is 22.0 Å². The summed E-state index contributed by atoms with van der Waals surface area (Å²) in [5.41, 5.74) is 11.4. The first-order chi connectivity index (χ1) is 19.7. The van der Waals surface area contributed by atoms with Crippen LogP contribution >= 0.6 is 0 Å². The number of benzene rings is 3. The Morgan fingerprint density at radius 3 is 2.29 bits per heavy atom. The highest BCUT2D eigenvalue weighted by atomic mass is 19.4. The summed E-state index contributed by atoms with van der Waals surface area (Å²) in [6.07, 6.45) is -0.517. The zero-order valence-electron chi connectivity index (χ0n) is 23.4. The lowest BCUT2D eigenvalue weighted by Crippen LogP contribution is -2.29. The summed E-state index contributed by atoms with van der Waals surface area (Å²) in [6, 6.07) is 18.4. The molecule has 1 heterocycles. The van der Waals surface area contributed by atoms with Gasteiger partial charge in [0.15, 0.2) is 0 Å². The molecule has 4 aromatic rings. The zero-order chi connectivity index (χ0) is 29.0. The van der Waals surface area contributed by atoms with Crippen LogP contribution in [0.3, 0.4) is 0 Å². The van der Waals surface area contributed by atoms with Crippen molar-refractivity contribution in [3.8, 4) is 16.9 Å². The number of nitrogens with zero attached hydrogens (tertiary/aromatic N) is 2. The van der Waals surface area contributed by atoms with Crippen LogP contribution in [0.1, 0.15) is 42.4 Å². The van der Waals surface area contributed by atoms with E-state index in [2.05, 4.69) is 32.3 Å². The highest BCUT2D eigenvalue weighted by Crippen LogP contribution is 2.33. The van der Waals surface area contributed by atoms with E-state index in [4.69, 9.17) is 5.73 Å². The number of nitrogen functional groups attached to an aromatic ring is 1. The van der Waals surface area contributed by atoms with Gasteiger partial charge in [0.05, 0.1) is 5.52 Å². The molecular weight excluding hydrogens is 527 g/mol. The summed E-state index contributed by atoms with van der Waals surface area (Å²) in [7, 11) is 0. The number of rotatable bonds is 9. The lowest BCUT2D eigenvalue weighted by atomic mass is 9.82. The molecule has 9 heteroatoms. The lowest BCUT2D eigenvalue weighted by molar-refractivity contribution is -0.274. The fourth-order valence-electron chi connectivity index (χ4n) is 5.62. The average molecular weight is 564 g/mol. The molecule has 216 valence electrons. The molecule has 0 bridgehead atoms. The highest BCUT2D eigenvalue weighted by Gasteiger charge is 2.32. The molecule has 0 saturated heterocycles. The van der Waals surface area contributed by atoms with E-state index in [0.717, 1.165) is 66.4 Å². The first-order valence-corrected chi connectivity index (χ1v) is 14.1. The Balaban J connectivity index is 1.11. The lowest BCUT2D eigenvalue weighted by Gasteiger charge is -2.29. The average Bonchev–Trinajstić information content (AvgIpc) is 2.95. The van der Waals surface area contributed by atoms with Gasteiger partial charge in [-0.15, -0.1) is 13.2 Å². The van der Waals surface area contributed by atoms with E-state index < -0.39 is 6.36 Å². The number of ether oxygens (including phenoxy) is 1. The van der Waals surface area contributed by atoms with Crippen molar-refractivity contribution in [2.24, 2.45) is 11.8 Å². The van der Waals surface area contributed by atoms with Gasteiger partial charge in [0.2, 0.25) is 5.95 Å². The summed E-state index contributed by atoms with van der Waals surface area (Å²) in [6.45, 7) is 5.92. The molecule has 0 spiro atoms. The van der Waals surface area contributed by atoms with Gasteiger partial charge in [-0.2, -0.15) is 4.98 Å². The van der Waals surface area contributed by atoms with E-state index in [-0.39, 0.29) is 5.75 Å². The Kier molecular flexibility index (Phi) is 8.63. The van der Waals surface area contributed by atoms with Crippen LogP contribution in [0.15, 0.2) is 60.7 Å². The SMILES string of the molecule is Cc1ccc2nc(NCC3CCC(CNCc4ccc(-c5ccccc5)cc4OC(F)(F)F)CC3)nc(N)c2c1C. The fourth-order valence-corrected chi connectivity index (χ4v) is 5.62. The molecule has 41 heavy (non-hydrogen) atoms. The maximum Gasteiger partial charge on any atom is 0.573 e. The molecule has 1 aliphatic rings. The van der Waals surface area contributed by atoms with Crippen LogP contribution in [-0.2, 0) is 6.54 Å². The van der Waals surface area contributed by atoms with Crippen molar-refractivity contribution >= 4 is 22.7 Å². The zero-order valence-corrected chi connectivity index (χ0v) is 23.4. The first kappa shape index (κ1) is 28.7. The predicted octanol–water partition coefficient (Wildman–Crippen LogP) is 7.40. The summed E-state index contributed by atoms with van der Waals surface area (Å²) in [5.74, 6) is 1.86. The third-order valence-corrected chi connectivity index (χ3v) is 8.09. The first-order valence-electron chi connectivity index (χ1n) is 14.1. The van der Waals surface area contributed by atoms with Crippen LogP contribution in [0.2, 0.25) is 0 Å². The van der Waals surface area contributed by atoms with Crippen molar-refractivity contribution in [2.45, 2.75) is 52.4 Å². The molecule has 1 aromatic heterocycles. The molecule has 0 aliphatic heterocycles. The molecule has 4 N–H and O–H groups in total. The summed E-state index contributed by atoms with van der Waals surface area (Å²) in [5, 5.41) is 7.65. The van der Waals surface area contributed by atoms with E-state index >= 15 is 0 Å². The van der Waals surface area contributed by atoms with Gasteiger partial charge in [-0.05, 0) is 92.3 Å². The Bertz CT molecular complexity index is 1480. The molecule has 0 radical (unpaired) electrons. The molecule has 3 aromatic carbocycles. The Morgan fingerprint density at radius 1 is 0.878 bits per heavy atom. The van der Waals surface area contributed by atoms with Gasteiger partial charge in [-0.1, -0.05) is 48.5 Å². The number of halogens is 3. The number of aryl methyl sites for hydroxylation is 2. The second kappa shape index (κ2) is 12.3. The van der Waals surface area contributed by atoms with Gasteiger partial charge in [0, 0.05) is 24.0 Å². The molecule has 6 nitrogen and oxygen atoms in total. The predicted molar refractivity (Wildman–Crippen MR) is 158 cm³/mol. The van der Waals surface area contributed by atoms with Gasteiger partial charge in [0.1, 0.15) is 11.6 Å². The molecule has 1 saturated carbocycles. The summed E-state index contributed by atoms with van der Waals surface area (Å²) < 4.78 is 43.8. The molecular formula is C32H36F3N5O. The molecule has 0 unspecified atom stereocenters. The Hall–Kier alpha value is -3.85. The minimum atomic E-state index is -4.75. The van der Waals surface area contributed by atoms with Gasteiger partial charge >= 0.3 is 6.36 Å². The van der Waals surface area contributed by atoms with Crippen molar-refractivity contribution in [1.29, 1.82) is 0 Å². The van der Waals surface area contributed by atoms with Crippen molar-refractivity contribution in [1.82, 2.24) is 15.3 Å². The largest absolute Gasteiger partial charge is 0.573 e. The minimum Gasteiger partial charge on any atom is -0.405 e. The Morgan fingerprint density at radius 2 is 1.59 bits per heavy atom. The molecule has 0 atom stereocenters. The minimum absolute atomic E-state index is 0.164. The van der Waals surface area contributed by atoms with E-state index in [9.17, 15) is 13.2 Å². The van der Waals surface area contributed by atoms with Crippen molar-refractivity contribution in [3.05, 3.63) is 77.4 Å². The van der Waals surface area contributed by atoms with Crippen LogP contribution in [0.5, 0.6) is 5.75 Å². The van der Waals surface area contributed by atoms with Crippen LogP contribution < -0.4 is 21.1 Å². The smallest absolute Gasteiger partial charge is 0.405 e. The normalized spacial score (nSPS) is 17.5. The van der Waals surface area contributed by atoms with E-state index in [0.29, 0.717) is 41.3 Å². The number of fused-ring (bicyclic) bond motifs is 1. The number of nitrogens with two attached hydrogens (primary N) is 1. The number of anilines is 2. The molecule has 1 aliphatic carbocycles. The Labute approximate surface area is 238 Å². The van der Waals surface area contributed by atoms with Gasteiger partial charge in [0.25, 0.3) is 0 Å². The van der Waals surface area contributed by atoms with Crippen molar-refractivity contribution < 1.29 is 17.9 Å². The summed E-state index contributed by atoms with van der Waals surface area (Å²) >= 11 is 0. The standard InChI is InChI=1S/C32H36F3N5O/c1-20-8-15-27-29(21(20)2)30(36)40-31(39-27)38-18-23-11-9-22(10-12-23)17-37-19-26-14-13-25(24-6-4-3-5-7-24)16-28(26)41-32(33,34)35/h3-8,13-16,22-23,37H,9-12,17-19H2,1-2H3,(H3,36,38,39,40). The quantitative estimate of drug-likeness (QED) is 0.197. The number of aromatic nitrogens is 2. The maximum absolute atomic E-state index is 13.1. The highest BCUT2D eigenvalue weighted by molar-refractivity contribution is 5.92. The number of hydrogen-bond acceptors (Lipinski definition) is 6. The van der Waals surface area contributed by atoms with Crippen LogP contribution in [0.4, 0.5) is 24.9 Å². The van der Waals surface area contributed by atoms with E-state index in [1.807, 2.05) is 55.5 Å². The summed E-state index contributed by atoms with van der Waals surface area (Å²) in [4.78, 5) is 9.15. The van der Waals surface area contributed by atoms with Gasteiger partial charge < -0.3 is 21.1 Å². The third kappa shape index (κ3) is 7.27. The molecule has 5 rings (SSSR count). The monoisotopic (exact) mass is 563 g/mol. The van der Waals surface area contributed by atoms with Gasteiger partial charge in [-0.3, -0.25) is 0 Å². The maximum atomic E-state index is 13.1. The number of alkyl halides is 3.